The fourth-order valence-corrected chi connectivity index (χ4v) is 9.32. The van der Waals surface area contributed by atoms with Crippen LogP contribution >= 0.6 is 0 Å². The van der Waals surface area contributed by atoms with Gasteiger partial charge < -0.3 is 29.5 Å². The van der Waals surface area contributed by atoms with E-state index in [2.05, 4.69) is 52.8 Å². The molecule has 0 unspecified atom stereocenters. The number of aromatic nitrogens is 4. The van der Waals surface area contributed by atoms with Crippen LogP contribution in [0.1, 0.15) is 55.5 Å². The Morgan fingerprint density at radius 1 is 1.06 bits per heavy atom. The van der Waals surface area contributed by atoms with E-state index in [-0.39, 0.29) is 28.9 Å². The third-order valence-corrected chi connectivity index (χ3v) is 11.6. The number of amides is 1. The number of alkyl carbamates (subject to hydrolysis) is 1. The van der Waals surface area contributed by atoms with Gasteiger partial charge in [-0.2, -0.15) is 0 Å². The lowest BCUT2D eigenvalue weighted by Gasteiger charge is -2.51. The Morgan fingerprint density at radius 3 is 2.62 bits per heavy atom. The molecule has 1 amide bonds. The summed E-state index contributed by atoms with van der Waals surface area (Å²) in [6, 6.07) is 13.4. The van der Waals surface area contributed by atoms with Crippen LogP contribution in [0.5, 0.6) is 0 Å². The molecule has 11 heteroatoms. The van der Waals surface area contributed by atoms with Crippen LogP contribution in [0.25, 0.3) is 11.0 Å². The highest BCUT2D eigenvalue weighted by molar-refractivity contribution is 5.75. The van der Waals surface area contributed by atoms with Crippen molar-refractivity contribution >= 4 is 17.1 Å². The first-order chi connectivity index (χ1) is 23.3. The molecule has 10 nitrogen and oxygen atoms in total. The van der Waals surface area contributed by atoms with Crippen LogP contribution in [0.15, 0.2) is 59.7 Å². The number of rotatable bonds is 11. The highest BCUT2D eigenvalue weighted by atomic mass is 19.1. The number of H-pyrrole nitrogens is 2. The summed E-state index contributed by atoms with van der Waals surface area (Å²) >= 11 is 0. The number of carbonyl (C=O) groups excluding carboxylic acids is 1. The maximum absolute atomic E-state index is 15.0. The van der Waals surface area contributed by atoms with Gasteiger partial charge in [0.1, 0.15) is 11.6 Å². The zero-order valence-corrected chi connectivity index (χ0v) is 28.1. The van der Waals surface area contributed by atoms with E-state index < -0.39 is 6.09 Å². The van der Waals surface area contributed by atoms with Crippen molar-refractivity contribution in [1.82, 2.24) is 34.6 Å². The number of benzene rings is 2. The fraction of sp³-hybridized carbons (Fsp3) is 0.541. The number of likely N-dealkylation sites (tertiary alicyclic amines) is 2. The van der Waals surface area contributed by atoms with Crippen LogP contribution in [0.4, 0.5) is 9.18 Å². The molecule has 3 N–H and O–H groups in total. The van der Waals surface area contributed by atoms with Crippen LogP contribution in [0.2, 0.25) is 0 Å². The number of aromatic amines is 2. The SMILES string of the molecule is COC(=O)N[C@H]1CCC[C@@H]1[C@](CCn1ccnc1C)(c1cccc(F)c1)C1CCN(CC2CN(Cc3ccc4[nH]c(=O)[nH]c4c3)C2)CC1. The summed E-state index contributed by atoms with van der Waals surface area (Å²) in [6.45, 7) is 8.97. The van der Waals surface area contributed by atoms with Crippen molar-refractivity contribution < 1.29 is 13.9 Å². The second-order valence-corrected chi connectivity index (χ2v) is 14.3. The fourth-order valence-electron chi connectivity index (χ4n) is 9.32. The number of carbonyl (C=O) groups is 1. The molecule has 4 heterocycles. The Hall–Kier alpha value is -3.96. The molecule has 3 aliphatic rings. The van der Waals surface area contributed by atoms with Gasteiger partial charge in [-0.3, -0.25) is 4.90 Å². The maximum Gasteiger partial charge on any atom is 0.407 e. The molecule has 1 saturated carbocycles. The molecule has 0 radical (unpaired) electrons. The smallest absolute Gasteiger partial charge is 0.407 e. The molecule has 2 aromatic carbocycles. The highest BCUT2D eigenvalue weighted by Gasteiger charge is 2.51. The van der Waals surface area contributed by atoms with Crippen molar-refractivity contribution in [3.63, 3.8) is 0 Å². The van der Waals surface area contributed by atoms with Crippen LogP contribution in [-0.4, -0.2) is 81.3 Å². The van der Waals surface area contributed by atoms with E-state index in [1.54, 1.807) is 6.07 Å². The average Bonchev–Trinajstić information content (AvgIpc) is 3.80. The van der Waals surface area contributed by atoms with Gasteiger partial charge in [0.05, 0.1) is 18.1 Å². The Bertz CT molecular complexity index is 1770. The number of fused-ring (bicyclic) bond motifs is 1. The quantitative estimate of drug-likeness (QED) is 0.205. The van der Waals surface area contributed by atoms with Crippen molar-refractivity contribution in [2.75, 3.05) is 39.8 Å². The molecule has 2 saturated heterocycles. The number of aryl methyl sites for hydroxylation is 2. The lowest BCUT2D eigenvalue weighted by molar-refractivity contribution is 0.0278. The summed E-state index contributed by atoms with van der Waals surface area (Å²) in [6.07, 6.45) is 9.31. The second-order valence-electron chi connectivity index (χ2n) is 14.3. The predicted molar refractivity (Wildman–Crippen MR) is 183 cm³/mol. The van der Waals surface area contributed by atoms with Crippen molar-refractivity contribution in [2.24, 2.45) is 17.8 Å². The number of halogens is 1. The van der Waals surface area contributed by atoms with Crippen molar-refractivity contribution in [1.29, 1.82) is 0 Å². The Labute approximate surface area is 281 Å². The lowest BCUT2D eigenvalue weighted by atomic mass is 9.56. The Kier molecular flexibility index (Phi) is 9.42. The van der Waals surface area contributed by atoms with Crippen molar-refractivity contribution in [3.05, 3.63) is 88.1 Å². The number of nitrogens with one attached hydrogen (secondary N) is 3. The molecule has 2 aromatic heterocycles. The number of hydrogen-bond acceptors (Lipinski definition) is 6. The van der Waals surface area contributed by atoms with Gasteiger partial charge in [0.2, 0.25) is 0 Å². The van der Waals surface area contributed by atoms with Crippen LogP contribution in [-0.2, 0) is 23.2 Å². The minimum Gasteiger partial charge on any atom is -0.453 e. The van der Waals surface area contributed by atoms with E-state index in [1.165, 1.54) is 18.7 Å². The van der Waals surface area contributed by atoms with Gasteiger partial charge in [-0.1, -0.05) is 24.6 Å². The summed E-state index contributed by atoms with van der Waals surface area (Å²) in [4.78, 5) is 39.4. The normalized spacial score (nSPS) is 22.5. The highest BCUT2D eigenvalue weighted by Crippen LogP contribution is 2.53. The number of methoxy groups -OCH3 is 1. The van der Waals surface area contributed by atoms with Gasteiger partial charge >= 0.3 is 11.8 Å². The zero-order valence-electron chi connectivity index (χ0n) is 28.1. The van der Waals surface area contributed by atoms with Gasteiger partial charge in [0.15, 0.2) is 0 Å². The van der Waals surface area contributed by atoms with Gasteiger partial charge in [-0.25, -0.2) is 19.0 Å². The van der Waals surface area contributed by atoms with Gasteiger partial charge in [-0.15, -0.1) is 0 Å². The summed E-state index contributed by atoms with van der Waals surface area (Å²) in [7, 11) is 1.42. The first kappa shape index (κ1) is 32.6. The lowest BCUT2D eigenvalue weighted by Crippen LogP contribution is -2.55. The van der Waals surface area contributed by atoms with E-state index >= 15 is 4.39 Å². The molecule has 256 valence electrons. The van der Waals surface area contributed by atoms with Gasteiger partial charge in [0, 0.05) is 56.6 Å². The molecule has 0 bridgehead atoms. The monoisotopic (exact) mass is 657 g/mol. The number of nitrogens with zero attached hydrogens (tertiary/aromatic N) is 4. The zero-order chi connectivity index (χ0) is 33.3. The van der Waals surface area contributed by atoms with E-state index in [0.29, 0.717) is 11.8 Å². The minimum absolute atomic E-state index is 0.0261. The molecule has 7 rings (SSSR count). The molecule has 0 spiro atoms. The molecule has 3 atom stereocenters. The standard InChI is InChI=1S/C37H48FN7O3/c1-25-39-14-18-45(25)17-13-37(29-5-3-6-30(38)20-29,31-7-4-8-32(31)42-36(47)48-2)28-11-15-43(16-12-28)22-27-23-44(24-27)21-26-9-10-33-34(19-26)41-35(46)40-33/h3,5-6,9-10,14,18-20,27-28,31-32H,4,7-8,11-13,15-17,21-24H2,1-2H3,(H,42,47)(H2,40,41,46)/t31-,32-,37-/m0/s1. The minimum atomic E-state index is -0.394. The number of imidazole rings is 2. The summed E-state index contributed by atoms with van der Waals surface area (Å²) in [5, 5.41) is 3.19. The first-order valence-corrected chi connectivity index (χ1v) is 17.5. The number of ether oxygens (including phenoxy) is 1. The van der Waals surface area contributed by atoms with Crippen LogP contribution in [0.3, 0.4) is 0 Å². The molecule has 48 heavy (non-hydrogen) atoms. The van der Waals surface area contributed by atoms with Crippen molar-refractivity contribution in [2.45, 2.75) is 70.0 Å². The third kappa shape index (κ3) is 6.67. The molecule has 2 aliphatic heterocycles. The number of hydrogen-bond donors (Lipinski definition) is 3. The Balaban J connectivity index is 1.06. The van der Waals surface area contributed by atoms with E-state index in [0.717, 1.165) is 107 Å². The molecular weight excluding hydrogens is 609 g/mol. The summed E-state index contributed by atoms with van der Waals surface area (Å²) in [5.74, 6) is 1.92. The van der Waals surface area contributed by atoms with Crippen LogP contribution in [0, 0.1) is 30.5 Å². The average molecular weight is 658 g/mol. The summed E-state index contributed by atoms with van der Waals surface area (Å²) in [5.41, 5.74) is 3.48. The predicted octanol–water partition coefficient (Wildman–Crippen LogP) is 5.20. The van der Waals surface area contributed by atoms with E-state index in [9.17, 15) is 9.59 Å². The summed E-state index contributed by atoms with van der Waals surface area (Å²) < 4.78 is 22.3. The maximum atomic E-state index is 15.0. The van der Waals surface area contributed by atoms with Gasteiger partial charge in [-0.05, 0) is 105 Å². The van der Waals surface area contributed by atoms with Crippen molar-refractivity contribution in [3.8, 4) is 0 Å². The number of piperidine rings is 1. The first-order valence-electron chi connectivity index (χ1n) is 17.5. The topological polar surface area (TPSA) is 111 Å². The molecule has 1 aliphatic carbocycles. The second kappa shape index (κ2) is 13.9. The van der Waals surface area contributed by atoms with E-state index in [4.69, 9.17) is 4.74 Å². The van der Waals surface area contributed by atoms with Crippen LogP contribution < -0.4 is 11.0 Å². The molecular formula is C37H48FN7O3. The third-order valence-electron chi connectivity index (χ3n) is 11.6. The van der Waals surface area contributed by atoms with Gasteiger partial charge in [0.25, 0.3) is 0 Å². The molecule has 4 aromatic rings. The molecule has 3 fully saturated rings. The van der Waals surface area contributed by atoms with E-state index in [1.807, 2.05) is 31.5 Å². The Morgan fingerprint density at radius 2 is 1.88 bits per heavy atom. The largest absolute Gasteiger partial charge is 0.453 e.